The summed E-state index contributed by atoms with van der Waals surface area (Å²) < 4.78 is 42.2. The monoisotopic (exact) mass is 733 g/mol. The summed E-state index contributed by atoms with van der Waals surface area (Å²) in [5.74, 6) is -0.0832. The van der Waals surface area contributed by atoms with Crippen LogP contribution in [0.2, 0.25) is 0 Å². The van der Waals surface area contributed by atoms with Gasteiger partial charge in [-0.15, -0.1) is 12.4 Å². The summed E-state index contributed by atoms with van der Waals surface area (Å²) in [4.78, 5) is 25.5. The maximum absolute atomic E-state index is 14.5. The minimum absolute atomic E-state index is 0. The second-order valence-electron chi connectivity index (χ2n) is 14.6. The molecule has 1 aromatic heterocycles. The highest BCUT2D eigenvalue weighted by molar-refractivity contribution is 7.92. The van der Waals surface area contributed by atoms with Gasteiger partial charge in [-0.25, -0.2) is 18.1 Å². The topological polar surface area (TPSA) is 123 Å². The number of sulfonamides is 1. The van der Waals surface area contributed by atoms with Crippen molar-refractivity contribution < 1.29 is 22.7 Å². The Balaban J connectivity index is 0.00000504. The lowest BCUT2D eigenvalue weighted by Crippen LogP contribution is -2.59. The normalized spacial score (nSPS) is 20.0. The number of fused-ring (bicyclic) bond motifs is 4. The van der Waals surface area contributed by atoms with Crippen molar-refractivity contribution in [3.8, 4) is 17.1 Å². The van der Waals surface area contributed by atoms with E-state index < -0.39 is 10.0 Å². The summed E-state index contributed by atoms with van der Waals surface area (Å²) in [6.45, 7) is 12.5. The van der Waals surface area contributed by atoms with Crippen molar-refractivity contribution in [2.24, 2.45) is 5.41 Å². The van der Waals surface area contributed by atoms with Crippen molar-refractivity contribution in [2.75, 3.05) is 24.5 Å². The fourth-order valence-electron chi connectivity index (χ4n) is 6.85. The summed E-state index contributed by atoms with van der Waals surface area (Å²) in [6.07, 6.45) is 2.19. The zero-order valence-corrected chi connectivity index (χ0v) is 31.5. The van der Waals surface area contributed by atoms with Gasteiger partial charge in [0.2, 0.25) is 11.8 Å². The van der Waals surface area contributed by atoms with Gasteiger partial charge < -0.3 is 19.7 Å². The number of amides is 1. The van der Waals surface area contributed by atoms with E-state index in [0.717, 1.165) is 35.1 Å². The minimum Gasteiger partial charge on any atom is -0.475 e. The quantitative estimate of drug-likeness (QED) is 0.177. The second-order valence-corrected chi connectivity index (χ2v) is 16.3. The molecule has 12 heteroatoms. The van der Waals surface area contributed by atoms with Gasteiger partial charge in [0.1, 0.15) is 6.61 Å². The first-order valence-electron chi connectivity index (χ1n) is 17.3. The van der Waals surface area contributed by atoms with E-state index in [1.165, 1.54) is 12.1 Å². The molecule has 0 radical (unpaired) electrons. The molecule has 3 aromatic carbocycles. The smallest absolute Gasteiger partial charge is 0.264 e. The molecule has 1 amide bonds. The zero-order valence-electron chi connectivity index (χ0n) is 29.9. The Morgan fingerprint density at radius 3 is 2.37 bits per heavy atom. The standard InChI is InChI=1S/C39H47N5O5S.ClH/c1-26-11-9-12-27(2)36(26)34-22-35-42-38(41-34)43-50(46,47)33-16-10-15-29(19-33)37(45)44(32(25-49-35)23-39(3,4)5)31-20-30(21-31)40-17-18-48-24-28-13-7-6-8-14-28;/h6-16,19,22,30-32,40H,17-18,20-21,23-25H2,1-5H3,(H,41,42,43);1H/t30?,31?,32-;/m1./s1. The summed E-state index contributed by atoms with van der Waals surface area (Å²) >= 11 is 0. The van der Waals surface area contributed by atoms with Crippen LogP contribution in [-0.2, 0) is 21.4 Å². The molecule has 4 aromatic rings. The molecule has 1 saturated carbocycles. The van der Waals surface area contributed by atoms with Gasteiger partial charge in [0.15, 0.2) is 0 Å². The van der Waals surface area contributed by atoms with Gasteiger partial charge in [-0.05, 0) is 73.4 Å². The van der Waals surface area contributed by atoms with Crippen LogP contribution < -0.4 is 14.8 Å². The lowest BCUT2D eigenvalue weighted by molar-refractivity contribution is 0.0153. The fourth-order valence-corrected chi connectivity index (χ4v) is 7.84. The number of aryl methyl sites for hydroxylation is 2. The summed E-state index contributed by atoms with van der Waals surface area (Å²) in [5, 5.41) is 3.58. The van der Waals surface area contributed by atoms with E-state index in [-0.39, 0.29) is 65.2 Å². The van der Waals surface area contributed by atoms with Gasteiger partial charge in [-0.1, -0.05) is 75.4 Å². The number of halogens is 1. The van der Waals surface area contributed by atoms with E-state index in [2.05, 4.69) is 40.8 Å². The average molecular weight is 734 g/mol. The SMILES string of the molecule is Cc1cccc(C)c1-c1cc2nc(n1)NS(=O)(=O)c1cccc(c1)C(=O)N(C1CC(NCCOCc3ccccc3)C1)[C@H](CC(C)(C)C)CO2.Cl. The molecule has 0 saturated heterocycles. The van der Waals surface area contributed by atoms with Crippen LogP contribution in [0.25, 0.3) is 11.3 Å². The molecule has 2 N–H and O–H groups in total. The number of benzene rings is 3. The van der Waals surface area contributed by atoms with Crippen molar-refractivity contribution in [1.82, 2.24) is 20.2 Å². The maximum Gasteiger partial charge on any atom is 0.264 e. The van der Waals surface area contributed by atoms with Gasteiger partial charge in [-0.2, -0.15) is 4.98 Å². The largest absolute Gasteiger partial charge is 0.475 e. The van der Waals surface area contributed by atoms with Crippen LogP contribution in [0.15, 0.2) is 83.8 Å². The highest BCUT2D eigenvalue weighted by Gasteiger charge is 2.41. The summed E-state index contributed by atoms with van der Waals surface area (Å²) in [5.41, 5.74) is 4.73. The van der Waals surface area contributed by atoms with Crippen LogP contribution in [-0.4, -0.2) is 67.1 Å². The molecule has 2 aliphatic rings. The van der Waals surface area contributed by atoms with Gasteiger partial charge >= 0.3 is 0 Å². The third-order valence-corrected chi connectivity index (χ3v) is 10.6. The second kappa shape index (κ2) is 16.1. The fraction of sp³-hybridized carbons (Fsp3) is 0.410. The Kier molecular flexibility index (Phi) is 12.1. The number of hydrogen-bond donors (Lipinski definition) is 2. The molecule has 1 atom stereocenters. The Bertz CT molecular complexity index is 1910. The van der Waals surface area contributed by atoms with E-state index in [1.807, 2.05) is 67.3 Å². The van der Waals surface area contributed by atoms with Crippen molar-refractivity contribution in [3.63, 3.8) is 0 Å². The molecule has 0 unspecified atom stereocenters. The number of anilines is 1. The van der Waals surface area contributed by atoms with Crippen LogP contribution in [0.5, 0.6) is 5.88 Å². The molecule has 272 valence electrons. The molecule has 51 heavy (non-hydrogen) atoms. The van der Waals surface area contributed by atoms with Crippen molar-refractivity contribution in [3.05, 3.63) is 101 Å². The molecular formula is C39H48ClN5O5S. The summed E-state index contributed by atoms with van der Waals surface area (Å²) in [7, 11) is -4.14. The number of nitrogens with zero attached hydrogens (tertiary/aromatic N) is 3. The van der Waals surface area contributed by atoms with E-state index in [0.29, 0.717) is 37.4 Å². The van der Waals surface area contributed by atoms with Crippen LogP contribution in [0.1, 0.15) is 67.1 Å². The Morgan fingerprint density at radius 1 is 0.961 bits per heavy atom. The highest BCUT2D eigenvalue weighted by Crippen LogP contribution is 2.35. The molecule has 0 spiro atoms. The van der Waals surface area contributed by atoms with Crippen LogP contribution in [0.4, 0.5) is 5.95 Å². The number of carbonyl (C=O) groups excluding carboxylic acids is 1. The maximum atomic E-state index is 14.5. The Morgan fingerprint density at radius 2 is 1.67 bits per heavy atom. The Labute approximate surface area is 307 Å². The number of ether oxygens (including phenoxy) is 2. The molecule has 4 bridgehead atoms. The van der Waals surface area contributed by atoms with Crippen LogP contribution in [0, 0.1) is 19.3 Å². The van der Waals surface area contributed by atoms with Gasteiger partial charge in [0.25, 0.3) is 15.9 Å². The predicted molar refractivity (Wildman–Crippen MR) is 202 cm³/mol. The van der Waals surface area contributed by atoms with Crippen molar-refractivity contribution in [1.29, 1.82) is 0 Å². The lowest BCUT2D eigenvalue weighted by Gasteiger charge is -2.47. The molecule has 1 aliphatic heterocycles. The predicted octanol–water partition coefficient (Wildman–Crippen LogP) is 6.96. The molecule has 10 nitrogen and oxygen atoms in total. The number of rotatable bonds is 9. The number of aromatic nitrogens is 2. The highest BCUT2D eigenvalue weighted by atomic mass is 35.5. The summed E-state index contributed by atoms with van der Waals surface area (Å²) in [6, 6.07) is 23.9. The molecular weight excluding hydrogens is 686 g/mol. The minimum atomic E-state index is -4.14. The first-order valence-corrected chi connectivity index (χ1v) is 18.7. The van der Waals surface area contributed by atoms with E-state index in [1.54, 1.807) is 18.2 Å². The van der Waals surface area contributed by atoms with E-state index in [4.69, 9.17) is 9.47 Å². The zero-order chi connectivity index (χ0) is 35.5. The van der Waals surface area contributed by atoms with Crippen molar-refractivity contribution in [2.45, 2.75) is 83.5 Å². The first-order chi connectivity index (χ1) is 23.9. The molecule has 2 heterocycles. The number of nitrogens with one attached hydrogen (secondary N) is 2. The van der Waals surface area contributed by atoms with Gasteiger partial charge in [0, 0.05) is 35.8 Å². The molecule has 6 rings (SSSR count). The number of hydrogen-bond acceptors (Lipinski definition) is 8. The van der Waals surface area contributed by atoms with E-state index >= 15 is 0 Å². The van der Waals surface area contributed by atoms with Crippen LogP contribution >= 0.6 is 12.4 Å². The Hall–Kier alpha value is -4.03. The first kappa shape index (κ1) is 38.2. The third kappa shape index (κ3) is 9.45. The van der Waals surface area contributed by atoms with Gasteiger partial charge in [-0.3, -0.25) is 4.79 Å². The van der Waals surface area contributed by atoms with E-state index in [9.17, 15) is 13.2 Å². The van der Waals surface area contributed by atoms with Crippen LogP contribution in [0.3, 0.4) is 0 Å². The molecule has 1 aliphatic carbocycles. The lowest BCUT2D eigenvalue weighted by atomic mass is 9.81. The third-order valence-electron chi connectivity index (χ3n) is 9.25. The van der Waals surface area contributed by atoms with Crippen molar-refractivity contribution >= 4 is 34.3 Å². The van der Waals surface area contributed by atoms with Gasteiger partial charge in [0.05, 0.1) is 29.8 Å². The number of carbonyl (C=O) groups is 1. The average Bonchev–Trinajstić information content (AvgIpc) is 3.04. The molecule has 1 fully saturated rings.